The van der Waals surface area contributed by atoms with Gasteiger partial charge in [-0.25, -0.2) is 0 Å². The van der Waals surface area contributed by atoms with Crippen LogP contribution in [0.5, 0.6) is 0 Å². The Balaban J connectivity index is 3.33. The number of ether oxygens (including phenoxy) is 2. The van der Waals surface area contributed by atoms with Crippen molar-refractivity contribution in [2.24, 2.45) is 0 Å². The van der Waals surface area contributed by atoms with Crippen molar-refractivity contribution in [2.45, 2.75) is 32.5 Å². The molecular formula is C9H21NO2. The lowest BCUT2D eigenvalue weighted by Gasteiger charge is -2.18. The van der Waals surface area contributed by atoms with Crippen molar-refractivity contribution in [2.75, 3.05) is 27.3 Å². The van der Waals surface area contributed by atoms with Crippen LogP contribution in [-0.4, -0.2) is 39.5 Å². The molecule has 0 saturated carbocycles. The standard InChI is InChI=1S/C9H21NO2/c1-8(5-6-11-4)12-9(2)7-10-3/h8-10H,5-7H2,1-4H3. The summed E-state index contributed by atoms with van der Waals surface area (Å²) in [6.07, 6.45) is 1.53. The molecule has 0 bridgehead atoms. The van der Waals surface area contributed by atoms with Gasteiger partial charge in [-0.05, 0) is 27.3 Å². The number of methoxy groups -OCH3 is 1. The zero-order chi connectivity index (χ0) is 9.40. The van der Waals surface area contributed by atoms with E-state index in [2.05, 4.69) is 19.2 Å². The summed E-state index contributed by atoms with van der Waals surface area (Å²) in [5.41, 5.74) is 0. The molecule has 2 atom stereocenters. The Morgan fingerprint density at radius 2 is 1.92 bits per heavy atom. The summed E-state index contributed by atoms with van der Waals surface area (Å²) in [5.74, 6) is 0. The molecule has 0 spiro atoms. The Bertz CT molecular complexity index is 98.5. The summed E-state index contributed by atoms with van der Waals surface area (Å²) < 4.78 is 10.6. The molecule has 0 amide bonds. The fraction of sp³-hybridized carbons (Fsp3) is 1.00. The maximum Gasteiger partial charge on any atom is 0.0674 e. The summed E-state index contributed by atoms with van der Waals surface area (Å²) >= 11 is 0. The van der Waals surface area contributed by atoms with Crippen LogP contribution in [-0.2, 0) is 9.47 Å². The first-order valence-electron chi connectivity index (χ1n) is 4.49. The maximum absolute atomic E-state index is 5.65. The molecule has 3 nitrogen and oxygen atoms in total. The van der Waals surface area contributed by atoms with Crippen LogP contribution < -0.4 is 5.32 Å². The minimum Gasteiger partial charge on any atom is -0.385 e. The van der Waals surface area contributed by atoms with Crippen LogP contribution in [0, 0.1) is 0 Å². The number of likely N-dealkylation sites (N-methyl/N-ethyl adjacent to an activating group) is 1. The molecule has 0 aromatic rings. The zero-order valence-electron chi connectivity index (χ0n) is 8.59. The fourth-order valence-corrected chi connectivity index (χ4v) is 1.08. The minimum absolute atomic E-state index is 0.279. The van der Waals surface area contributed by atoms with Gasteiger partial charge in [0.2, 0.25) is 0 Å². The Kier molecular flexibility index (Phi) is 7.45. The number of nitrogens with one attached hydrogen (secondary N) is 1. The van der Waals surface area contributed by atoms with Crippen molar-refractivity contribution in [1.82, 2.24) is 5.32 Å². The predicted molar refractivity (Wildman–Crippen MR) is 50.4 cm³/mol. The molecule has 0 aromatic carbocycles. The molecule has 0 fully saturated rings. The molecule has 0 radical (unpaired) electrons. The first-order valence-corrected chi connectivity index (χ1v) is 4.49. The third-order valence-electron chi connectivity index (χ3n) is 1.68. The Morgan fingerprint density at radius 3 is 2.42 bits per heavy atom. The number of hydrogen-bond donors (Lipinski definition) is 1. The lowest BCUT2D eigenvalue weighted by atomic mass is 10.3. The van der Waals surface area contributed by atoms with Crippen LogP contribution in [0.2, 0.25) is 0 Å². The Labute approximate surface area is 75.4 Å². The molecule has 1 N–H and O–H groups in total. The minimum atomic E-state index is 0.279. The highest BCUT2D eigenvalue weighted by atomic mass is 16.5. The Morgan fingerprint density at radius 1 is 1.25 bits per heavy atom. The molecule has 0 heterocycles. The summed E-state index contributed by atoms with van der Waals surface area (Å²) in [6, 6.07) is 0. The van der Waals surface area contributed by atoms with Crippen molar-refractivity contribution < 1.29 is 9.47 Å². The lowest BCUT2D eigenvalue weighted by Crippen LogP contribution is -2.27. The average Bonchev–Trinajstić information content (AvgIpc) is 2.01. The van der Waals surface area contributed by atoms with E-state index in [-0.39, 0.29) is 12.2 Å². The van der Waals surface area contributed by atoms with Gasteiger partial charge in [-0.3, -0.25) is 0 Å². The molecule has 0 saturated heterocycles. The van der Waals surface area contributed by atoms with Crippen LogP contribution >= 0.6 is 0 Å². The van der Waals surface area contributed by atoms with Crippen molar-refractivity contribution in [3.8, 4) is 0 Å². The first-order chi connectivity index (χ1) is 5.70. The van der Waals surface area contributed by atoms with Crippen LogP contribution in [0.1, 0.15) is 20.3 Å². The van der Waals surface area contributed by atoms with E-state index in [1.165, 1.54) is 0 Å². The van der Waals surface area contributed by atoms with Crippen LogP contribution in [0.4, 0.5) is 0 Å². The van der Waals surface area contributed by atoms with Crippen molar-refractivity contribution in [1.29, 1.82) is 0 Å². The van der Waals surface area contributed by atoms with E-state index < -0.39 is 0 Å². The van der Waals surface area contributed by atoms with Crippen molar-refractivity contribution in [3.63, 3.8) is 0 Å². The predicted octanol–water partition coefficient (Wildman–Crippen LogP) is 1.04. The summed E-state index contributed by atoms with van der Waals surface area (Å²) in [5, 5.41) is 3.07. The first kappa shape index (κ1) is 11.9. The largest absolute Gasteiger partial charge is 0.385 e. The van der Waals surface area contributed by atoms with E-state index in [1.54, 1.807) is 7.11 Å². The van der Waals surface area contributed by atoms with Gasteiger partial charge in [-0.15, -0.1) is 0 Å². The van der Waals surface area contributed by atoms with Gasteiger partial charge in [0, 0.05) is 20.3 Å². The number of hydrogen-bond acceptors (Lipinski definition) is 3. The normalized spacial score (nSPS) is 16.0. The van der Waals surface area contributed by atoms with Crippen LogP contribution in [0.3, 0.4) is 0 Å². The topological polar surface area (TPSA) is 30.5 Å². The van der Waals surface area contributed by atoms with E-state index in [0.717, 1.165) is 19.6 Å². The molecule has 0 aliphatic rings. The molecule has 0 aromatic heterocycles. The second kappa shape index (κ2) is 7.53. The average molecular weight is 175 g/mol. The van der Waals surface area contributed by atoms with Gasteiger partial charge in [-0.2, -0.15) is 0 Å². The molecular weight excluding hydrogens is 154 g/mol. The van der Waals surface area contributed by atoms with E-state index in [4.69, 9.17) is 9.47 Å². The van der Waals surface area contributed by atoms with Gasteiger partial charge in [0.25, 0.3) is 0 Å². The molecule has 0 rings (SSSR count). The van der Waals surface area contributed by atoms with E-state index in [1.807, 2.05) is 7.05 Å². The van der Waals surface area contributed by atoms with Gasteiger partial charge in [0.15, 0.2) is 0 Å². The zero-order valence-corrected chi connectivity index (χ0v) is 8.59. The quantitative estimate of drug-likeness (QED) is 0.627. The maximum atomic E-state index is 5.65. The highest BCUT2D eigenvalue weighted by Gasteiger charge is 2.06. The summed E-state index contributed by atoms with van der Waals surface area (Å²) in [4.78, 5) is 0. The van der Waals surface area contributed by atoms with E-state index in [0.29, 0.717) is 0 Å². The monoisotopic (exact) mass is 175 g/mol. The molecule has 2 unspecified atom stereocenters. The van der Waals surface area contributed by atoms with Gasteiger partial charge in [0.1, 0.15) is 0 Å². The van der Waals surface area contributed by atoms with Crippen LogP contribution in [0.15, 0.2) is 0 Å². The van der Waals surface area contributed by atoms with E-state index in [9.17, 15) is 0 Å². The molecule has 74 valence electrons. The van der Waals surface area contributed by atoms with E-state index >= 15 is 0 Å². The summed E-state index contributed by atoms with van der Waals surface area (Å²) in [7, 11) is 3.64. The van der Waals surface area contributed by atoms with Gasteiger partial charge in [-0.1, -0.05) is 0 Å². The third-order valence-corrected chi connectivity index (χ3v) is 1.68. The molecule has 12 heavy (non-hydrogen) atoms. The second-order valence-electron chi connectivity index (χ2n) is 3.10. The van der Waals surface area contributed by atoms with Gasteiger partial charge < -0.3 is 14.8 Å². The SMILES string of the molecule is CNCC(C)OC(C)CCOC. The lowest BCUT2D eigenvalue weighted by molar-refractivity contribution is -0.00557. The molecule has 0 aliphatic carbocycles. The second-order valence-corrected chi connectivity index (χ2v) is 3.10. The smallest absolute Gasteiger partial charge is 0.0674 e. The third kappa shape index (κ3) is 6.58. The number of rotatable bonds is 7. The Hall–Kier alpha value is -0.120. The van der Waals surface area contributed by atoms with Crippen molar-refractivity contribution >= 4 is 0 Å². The molecule has 0 aliphatic heterocycles. The summed E-state index contributed by atoms with van der Waals surface area (Å²) in [6.45, 7) is 5.82. The van der Waals surface area contributed by atoms with Gasteiger partial charge >= 0.3 is 0 Å². The fourth-order valence-electron chi connectivity index (χ4n) is 1.08. The molecule has 3 heteroatoms. The van der Waals surface area contributed by atoms with Crippen LogP contribution in [0.25, 0.3) is 0 Å². The van der Waals surface area contributed by atoms with Gasteiger partial charge in [0.05, 0.1) is 12.2 Å². The highest BCUT2D eigenvalue weighted by molar-refractivity contribution is 4.56. The highest BCUT2D eigenvalue weighted by Crippen LogP contribution is 2.01. The van der Waals surface area contributed by atoms with Crippen molar-refractivity contribution in [3.05, 3.63) is 0 Å².